The lowest BCUT2D eigenvalue weighted by molar-refractivity contribution is -0.126. The minimum absolute atomic E-state index is 0.147. The molecule has 0 atom stereocenters. The highest BCUT2D eigenvalue weighted by molar-refractivity contribution is 5.94. The van der Waals surface area contributed by atoms with E-state index in [0.717, 1.165) is 16.7 Å². The molecule has 0 radical (unpaired) electrons. The molecule has 25 heavy (non-hydrogen) atoms. The molecule has 126 valence electrons. The van der Waals surface area contributed by atoms with Gasteiger partial charge in [0.05, 0.1) is 11.6 Å². The van der Waals surface area contributed by atoms with Crippen molar-refractivity contribution in [3.05, 3.63) is 89.8 Å². The molecule has 0 saturated heterocycles. The Bertz CT molecular complexity index is 814. The van der Waals surface area contributed by atoms with Crippen LogP contribution in [0.1, 0.15) is 23.6 Å². The molecule has 3 nitrogen and oxygen atoms in total. The summed E-state index contributed by atoms with van der Waals surface area (Å²) in [6, 6.07) is 15.2. The van der Waals surface area contributed by atoms with Crippen LogP contribution in [0.3, 0.4) is 0 Å². The van der Waals surface area contributed by atoms with Crippen LogP contribution in [0.25, 0.3) is 5.57 Å². The summed E-state index contributed by atoms with van der Waals surface area (Å²) in [5.41, 5.74) is 3.07. The molecule has 0 fully saturated rings. The third-order valence-electron chi connectivity index (χ3n) is 3.76. The summed E-state index contributed by atoms with van der Waals surface area (Å²) in [7, 11) is 0. The fourth-order valence-electron chi connectivity index (χ4n) is 2.37. The maximum Gasteiger partial charge on any atom is 0.247 e. The smallest absolute Gasteiger partial charge is 0.247 e. The standard InChI is InChI=1S/C21H19FN2O/c1-3-12-24(15-18-6-4-17(14-23)5-7-18)21(25)13-16(2)19-8-10-20(22)11-9-19/h3-11,13H,1,12,15H2,2H3/b16-13-. The van der Waals surface area contributed by atoms with E-state index in [1.54, 1.807) is 41.3 Å². The van der Waals surface area contributed by atoms with Gasteiger partial charge in [0.15, 0.2) is 0 Å². The van der Waals surface area contributed by atoms with Crippen LogP contribution in [0.5, 0.6) is 0 Å². The number of carbonyl (C=O) groups is 1. The van der Waals surface area contributed by atoms with Gasteiger partial charge in [0.1, 0.15) is 5.82 Å². The number of allylic oxidation sites excluding steroid dienone is 1. The van der Waals surface area contributed by atoms with Gasteiger partial charge >= 0.3 is 0 Å². The van der Waals surface area contributed by atoms with Crippen LogP contribution < -0.4 is 0 Å². The molecule has 0 bridgehead atoms. The predicted molar refractivity (Wildman–Crippen MR) is 96.8 cm³/mol. The molecule has 2 aromatic rings. The third kappa shape index (κ3) is 5.15. The minimum atomic E-state index is -0.308. The van der Waals surface area contributed by atoms with E-state index in [2.05, 4.69) is 12.6 Å². The summed E-state index contributed by atoms with van der Waals surface area (Å²) in [5, 5.41) is 8.85. The Hall–Kier alpha value is -3.19. The Morgan fingerprint density at radius 3 is 2.40 bits per heavy atom. The molecule has 0 unspecified atom stereocenters. The van der Waals surface area contributed by atoms with Crippen molar-refractivity contribution >= 4 is 11.5 Å². The van der Waals surface area contributed by atoms with E-state index in [-0.39, 0.29) is 11.7 Å². The van der Waals surface area contributed by atoms with Crippen LogP contribution in [0.15, 0.2) is 67.3 Å². The number of hydrogen-bond donors (Lipinski definition) is 0. The molecule has 0 aliphatic heterocycles. The zero-order valence-corrected chi connectivity index (χ0v) is 14.1. The second-order valence-electron chi connectivity index (χ2n) is 5.65. The van der Waals surface area contributed by atoms with Crippen LogP contribution in [0.2, 0.25) is 0 Å². The van der Waals surface area contributed by atoms with Crippen molar-refractivity contribution < 1.29 is 9.18 Å². The monoisotopic (exact) mass is 334 g/mol. The predicted octanol–water partition coefficient (Wildman–Crippen LogP) is 4.32. The van der Waals surface area contributed by atoms with Crippen LogP contribution in [-0.4, -0.2) is 17.4 Å². The molecular weight excluding hydrogens is 315 g/mol. The lowest BCUT2D eigenvalue weighted by Crippen LogP contribution is -2.29. The zero-order valence-electron chi connectivity index (χ0n) is 14.1. The highest BCUT2D eigenvalue weighted by atomic mass is 19.1. The van der Waals surface area contributed by atoms with Crippen molar-refractivity contribution in [2.45, 2.75) is 13.5 Å². The fourth-order valence-corrected chi connectivity index (χ4v) is 2.37. The van der Waals surface area contributed by atoms with Gasteiger partial charge in [0.2, 0.25) is 5.91 Å². The Kier molecular flexibility index (Phi) is 6.25. The van der Waals surface area contributed by atoms with E-state index in [9.17, 15) is 9.18 Å². The molecule has 4 heteroatoms. The fraction of sp³-hybridized carbons (Fsp3) is 0.143. The first kappa shape index (κ1) is 18.2. The maximum absolute atomic E-state index is 13.0. The summed E-state index contributed by atoms with van der Waals surface area (Å²) in [4.78, 5) is 14.2. The van der Waals surface area contributed by atoms with Gasteiger partial charge in [-0.2, -0.15) is 5.26 Å². The minimum Gasteiger partial charge on any atom is -0.331 e. The third-order valence-corrected chi connectivity index (χ3v) is 3.76. The first-order valence-electron chi connectivity index (χ1n) is 7.86. The van der Waals surface area contributed by atoms with Crippen molar-refractivity contribution in [3.8, 4) is 6.07 Å². The topological polar surface area (TPSA) is 44.1 Å². The molecule has 2 rings (SSSR count). The largest absolute Gasteiger partial charge is 0.331 e. The molecule has 0 heterocycles. The van der Waals surface area contributed by atoms with Crippen LogP contribution in [0, 0.1) is 17.1 Å². The average molecular weight is 334 g/mol. The summed E-state index contributed by atoms with van der Waals surface area (Å²) in [6.07, 6.45) is 3.21. The van der Waals surface area contributed by atoms with Crippen LogP contribution >= 0.6 is 0 Å². The van der Waals surface area contributed by atoms with Crippen molar-refractivity contribution in [1.82, 2.24) is 4.90 Å². The lowest BCUT2D eigenvalue weighted by atomic mass is 10.1. The summed E-state index contributed by atoms with van der Waals surface area (Å²) in [6.45, 7) is 6.35. The lowest BCUT2D eigenvalue weighted by Gasteiger charge is -2.20. The Labute approximate surface area is 147 Å². The van der Waals surface area contributed by atoms with E-state index in [1.807, 2.05) is 19.1 Å². The molecule has 0 N–H and O–H groups in total. The highest BCUT2D eigenvalue weighted by Crippen LogP contribution is 2.15. The van der Waals surface area contributed by atoms with Gasteiger partial charge in [-0.15, -0.1) is 6.58 Å². The number of nitriles is 1. The molecule has 0 aliphatic carbocycles. The number of nitrogens with zero attached hydrogens (tertiary/aromatic N) is 2. The van der Waals surface area contributed by atoms with Crippen molar-refractivity contribution in [2.24, 2.45) is 0 Å². The molecule has 0 saturated carbocycles. The maximum atomic E-state index is 13.0. The molecule has 0 spiro atoms. The average Bonchev–Trinajstić information content (AvgIpc) is 2.62. The van der Waals surface area contributed by atoms with Crippen molar-refractivity contribution in [1.29, 1.82) is 5.26 Å². The van der Waals surface area contributed by atoms with Crippen molar-refractivity contribution in [3.63, 3.8) is 0 Å². The van der Waals surface area contributed by atoms with Gasteiger partial charge in [0, 0.05) is 19.2 Å². The van der Waals surface area contributed by atoms with Gasteiger partial charge in [-0.05, 0) is 47.9 Å². The molecule has 0 aromatic heterocycles. The summed E-state index contributed by atoms with van der Waals surface area (Å²) >= 11 is 0. The molecular formula is C21H19FN2O. The van der Waals surface area contributed by atoms with E-state index in [1.165, 1.54) is 12.1 Å². The number of halogens is 1. The molecule has 1 amide bonds. The van der Waals surface area contributed by atoms with Crippen LogP contribution in [-0.2, 0) is 11.3 Å². The Morgan fingerprint density at radius 1 is 1.20 bits per heavy atom. The number of benzene rings is 2. The molecule has 2 aromatic carbocycles. The van der Waals surface area contributed by atoms with Crippen molar-refractivity contribution in [2.75, 3.05) is 6.54 Å². The number of rotatable bonds is 6. The van der Waals surface area contributed by atoms with Gasteiger partial charge in [0.25, 0.3) is 0 Å². The Morgan fingerprint density at radius 2 is 1.84 bits per heavy atom. The normalized spacial score (nSPS) is 10.8. The summed E-state index contributed by atoms with van der Waals surface area (Å²) < 4.78 is 13.0. The number of amides is 1. The van der Waals surface area contributed by atoms with E-state index in [4.69, 9.17) is 5.26 Å². The zero-order chi connectivity index (χ0) is 18.2. The first-order valence-corrected chi connectivity index (χ1v) is 7.86. The van der Waals surface area contributed by atoms with E-state index in [0.29, 0.717) is 18.7 Å². The first-order chi connectivity index (χ1) is 12.0. The van der Waals surface area contributed by atoms with Crippen LogP contribution in [0.4, 0.5) is 4.39 Å². The number of carbonyl (C=O) groups excluding carboxylic acids is 1. The van der Waals surface area contributed by atoms with Gasteiger partial charge in [-0.3, -0.25) is 4.79 Å². The SMILES string of the molecule is C=CCN(Cc1ccc(C#N)cc1)C(=O)/C=C(/C)c1ccc(F)cc1. The summed E-state index contributed by atoms with van der Waals surface area (Å²) in [5.74, 6) is -0.455. The highest BCUT2D eigenvalue weighted by Gasteiger charge is 2.11. The van der Waals surface area contributed by atoms with Gasteiger partial charge in [-0.25, -0.2) is 4.39 Å². The van der Waals surface area contributed by atoms with E-state index < -0.39 is 0 Å². The number of hydrogen-bond acceptors (Lipinski definition) is 2. The quantitative estimate of drug-likeness (QED) is 0.583. The van der Waals surface area contributed by atoms with E-state index >= 15 is 0 Å². The molecule has 0 aliphatic rings. The second kappa shape index (κ2) is 8.60. The van der Waals surface area contributed by atoms with Gasteiger partial charge in [-0.1, -0.05) is 30.3 Å². The van der Waals surface area contributed by atoms with Gasteiger partial charge < -0.3 is 4.90 Å². The Balaban J connectivity index is 2.16. The second-order valence-corrected chi connectivity index (χ2v) is 5.65.